The first kappa shape index (κ1) is 4.12. The largest absolute Gasteiger partial charge is 0.503 e. The lowest BCUT2D eigenvalue weighted by Gasteiger charge is -1.84. The lowest BCUT2D eigenvalue weighted by molar-refractivity contribution is 0.560. The second kappa shape index (κ2) is 1.60. The van der Waals surface area contributed by atoms with E-state index >= 15 is 0 Å². The van der Waals surface area contributed by atoms with Crippen LogP contribution in [-0.4, -0.2) is 6.21 Å². The van der Waals surface area contributed by atoms with E-state index in [9.17, 15) is 0 Å². The Morgan fingerprint density at radius 2 is 2.57 bits per heavy atom. The molecule has 0 fully saturated rings. The lowest BCUT2D eigenvalue weighted by atomic mass is 10.5. The molecule has 1 aromatic heterocycles. The Balaban J connectivity index is 2.96. The van der Waals surface area contributed by atoms with E-state index in [4.69, 9.17) is 5.41 Å². The normalized spacial score (nSPS) is 8.57. The fourth-order valence-corrected chi connectivity index (χ4v) is 0.350. The summed E-state index contributed by atoms with van der Waals surface area (Å²) in [4.78, 5) is 0. The molecule has 1 N–H and O–H groups in total. The highest BCUT2D eigenvalue weighted by Crippen LogP contribution is 1.92. The van der Waals surface area contributed by atoms with Crippen LogP contribution in [0.15, 0.2) is 22.8 Å². The van der Waals surface area contributed by atoms with Gasteiger partial charge in [0, 0.05) is 0 Å². The number of hydrogen-bond donors (Lipinski definition) is 1. The molecule has 0 aliphatic rings. The van der Waals surface area contributed by atoms with Gasteiger partial charge < -0.3 is 9.83 Å². The first-order chi connectivity index (χ1) is 3.43. The molecular formula is C5H4NO-. The van der Waals surface area contributed by atoms with Gasteiger partial charge in [-0.15, -0.1) is 12.3 Å². The van der Waals surface area contributed by atoms with Gasteiger partial charge in [-0.25, -0.2) is 0 Å². The average molecular weight is 94.1 g/mol. The van der Waals surface area contributed by atoms with E-state index in [0.29, 0.717) is 5.76 Å². The Bertz CT molecular complexity index is 143. The van der Waals surface area contributed by atoms with Crippen LogP contribution in [0, 0.1) is 5.41 Å². The minimum absolute atomic E-state index is 0.472. The van der Waals surface area contributed by atoms with Gasteiger partial charge in [-0.05, 0) is 5.76 Å². The third-order valence-electron chi connectivity index (χ3n) is 0.644. The summed E-state index contributed by atoms with van der Waals surface area (Å²) in [7, 11) is 0. The van der Waals surface area contributed by atoms with Crippen LogP contribution in [0.1, 0.15) is 5.76 Å². The van der Waals surface area contributed by atoms with Crippen molar-refractivity contribution >= 4 is 6.21 Å². The van der Waals surface area contributed by atoms with Gasteiger partial charge >= 0.3 is 0 Å². The van der Waals surface area contributed by atoms with Crippen molar-refractivity contribution in [3.05, 3.63) is 24.2 Å². The van der Waals surface area contributed by atoms with Crippen LogP contribution in [0.5, 0.6) is 0 Å². The first-order valence-electron chi connectivity index (χ1n) is 1.90. The Hall–Kier alpha value is -1.05. The molecule has 2 nitrogen and oxygen atoms in total. The number of nitrogens with one attached hydrogen (secondary N) is 1. The fourth-order valence-electron chi connectivity index (χ4n) is 0.350. The fraction of sp³-hybridized carbons (Fsp3) is 0. The molecule has 7 heavy (non-hydrogen) atoms. The van der Waals surface area contributed by atoms with E-state index in [1.807, 2.05) is 0 Å². The van der Waals surface area contributed by atoms with Crippen LogP contribution in [0.3, 0.4) is 0 Å². The van der Waals surface area contributed by atoms with Crippen molar-refractivity contribution in [3.8, 4) is 0 Å². The monoisotopic (exact) mass is 94.0 g/mol. The van der Waals surface area contributed by atoms with Crippen LogP contribution in [0.2, 0.25) is 0 Å². The van der Waals surface area contributed by atoms with Crippen molar-refractivity contribution < 1.29 is 4.42 Å². The molecule has 2 heteroatoms. The van der Waals surface area contributed by atoms with Crippen LogP contribution >= 0.6 is 0 Å². The van der Waals surface area contributed by atoms with E-state index in [-0.39, 0.29) is 0 Å². The Kier molecular flexibility index (Phi) is 0.941. The smallest absolute Gasteiger partial charge is 0.0689 e. The summed E-state index contributed by atoms with van der Waals surface area (Å²) in [5.41, 5.74) is 0. The van der Waals surface area contributed by atoms with Crippen LogP contribution in [0.4, 0.5) is 0 Å². The molecule has 0 spiro atoms. The zero-order chi connectivity index (χ0) is 5.11. The molecule has 1 rings (SSSR count). The predicted molar refractivity (Wildman–Crippen MR) is 25.5 cm³/mol. The third-order valence-corrected chi connectivity index (χ3v) is 0.644. The molecule has 0 unspecified atom stereocenters. The van der Waals surface area contributed by atoms with Gasteiger partial charge in [0.05, 0.1) is 6.26 Å². The summed E-state index contributed by atoms with van der Waals surface area (Å²) in [5, 5.41) is 6.52. The van der Waals surface area contributed by atoms with E-state index in [0.717, 1.165) is 0 Å². The quantitative estimate of drug-likeness (QED) is 0.411. The highest BCUT2D eigenvalue weighted by Gasteiger charge is 1.69. The molecule has 0 aromatic carbocycles. The summed E-state index contributed by atoms with van der Waals surface area (Å²) >= 11 is 0. The highest BCUT2D eigenvalue weighted by molar-refractivity contribution is 5.72. The molecule has 0 radical (unpaired) electrons. The Morgan fingerprint density at radius 3 is 2.86 bits per heavy atom. The zero-order valence-corrected chi connectivity index (χ0v) is 3.64. The number of hydrogen-bond acceptors (Lipinski definition) is 2. The third kappa shape index (κ3) is 0.682. The van der Waals surface area contributed by atoms with E-state index in [2.05, 4.69) is 10.6 Å². The minimum Gasteiger partial charge on any atom is -0.503 e. The Morgan fingerprint density at radius 1 is 1.71 bits per heavy atom. The highest BCUT2D eigenvalue weighted by atomic mass is 16.3. The summed E-state index contributed by atoms with van der Waals surface area (Å²) in [5.74, 6) is 0.472. The number of furan rings is 1. The molecule has 0 aliphatic heterocycles. The summed E-state index contributed by atoms with van der Waals surface area (Å²) in [6, 6.07) is 3.39. The van der Waals surface area contributed by atoms with Crippen molar-refractivity contribution in [2.24, 2.45) is 0 Å². The second-order valence-electron chi connectivity index (χ2n) is 1.10. The molecule has 1 heterocycles. The molecule has 0 saturated carbocycles. The first-order valence-corrected chi connectivity index (χ1v) is 1.90. The van der Waals surface area contributed by atoms with Crippen molar-refractivity contribution in [3.63, 3.8) is 0 Å². The molecule has 0 saturated heterocycles. The maximum Gasteiger partial charge on any atom is 0.0689 e. The average Bonchev–Trinajstić information content (AvgIpc) is 2.14. The molecule has 1 aromatic rings. The SMILES string of the molecule is N=[C-]c1ccco1. The van der Waals surface area contributed by atoms with Gasteiger partial charge in [0.2, 0.25) is 0 Å². The molecule has 0 atom stereocenters. The molecule has 0 bridgehead atoms. The number of rotatable bonds is 1. The van der Waals surface area contributed by atoms with Gasteiger partial charge in [0.1, 0.15) is 0 Å². The van der Waals surface area contributed by atoms with Crippen molar-refractivity contribution in [2.45, 2.75) is 0 Å². The van der Waals surface area contributed by atoms with Gasteiger partial charge in [-0.2, -0.15) is 6.07 Å². The van der Waals surface area contributed by atoms with Gasteiger partial charge in [0.15, 0.2) is 0 Å². The second-order valence-corrected chi connectivity index (χ2v) is 1.10. The van der Waals surface area contributed by atoms with Crippen molar-refractivity contribution in [1.82, 2.24) is 0 Å². The van der Waals surface area contributed by atoms with Crippen LogP contribution < -0.4 is 0 Å². The standard InChI is InChI=1S/C5H4NO/c6-4-5-2-1-3-7-5/h1-3,6H/q-1. The van der Waals surface area contributed by atoms with Crippen LogP contribution in [-0.2, 0) is 0 Å². The van der Waals surface area contributed by atoms with Crippen LogP contribution in [0.25, 0.3) is 0 Å². The topological polar surface area (TPSA) is 37.0 Å². The van der Waals surface area contributed by atoms with E-state index in [1.54, 1.807) is 12.1 Å². The van der Waals surface area contributed by atoms with Crippen molar-refractivity contribution in [2.75, 3.05) is 0 Å². The summed E-state index contributed by atoms with van der Waals surface area (Å²) in [6.07, 6.45) is 3.60. The lowest BCUT2D eigenvalue weighted by Crippen LogP contribution is -1.65. The van der Waals surface area contributed by atoms with Gasteiger partial charge in [0.25, 0.3) is 0 Å². The molecule has 0 amide bonds. The summed E-state index contributed by atoms with van der Waals surface area (Å²) in [6.45, 7) is 0. The summed E-state index contributed by atoms with van der Waals surface area (Å²) < 4.78 is 4.68. The van der Waals surface area contributed by atoms with Crippen molar-refractivity contribution in [1.29, 1.82) is 5.41 Å². The molecular weight excluding hydrogens is 90.1 g/mol. The minimum atomic E-state index is 0.472. The zero-order valence-electron chi connectivity index (χ0n) is 3.64. The van der Waals surface area contributed by atoms with Gasteiger partial charge in [-0.1, -0.05) is 0 Å². The molecule has 36 valence electrons. The maximum absolute atomic E-state index is 6.52. The van der Waals surface area contributed by atoms with E-state index in [1.165, 1.54) is 6.26 Å². The predicted octanol–water partition coefficient (Wildman–Crippen LogP) is 1.15. The Labute approximate surface area is 41.3 Å². The molecule has 0 aliphatic carbocycles. The van der Waals surface area contributed by atoms with Gasteiger partial charge in [-0.3, -0.25) is 0 Å². The maximum atomic E-state index is 6.52. The van der Waals surface area contributed by atoms with E-state index < -0.39 is 0 Å².